The number of hydrogen-bond acceptors (Lipinski definition) is 3. The minimum absolute atomic E-state index is 0.743. The van der Waals surface area contributed by atoms with E-state index in [0.29, 0.717) is 0 Å². The van der Waals surface area contributed by atoms with Crippen LogP contribution < -0.4 is 5.32 Å². The molecule has 0 aliphatic rings. The molecule has 104 valence electrons. The molecule has 0 bridgehead atoms. The lowest BCUT2D eigenvalue weighted by atomic mass is 10.1. The zero-order chi connectivity index (χ0) is 14.5. The first-order valence-corrected chi connectivity index (χ1v) is 6.98. The summed E-state index contributed by atoms with van der Waals surface area (Å²) in [4.78, 5) is 8.90. The molecule has 0 aliphatic carbocycles. The van der Waals surface area contributed by atoms with Crippen molar-refractivity contribution in [1.82, 2.24) is 9.97 Å². The molecule has 0 saturated carbocycles. The first kappa shape index (κ1) is 13.3. The Kier molecular flexibility index (Phi) is 3.92. The smallest absolute Gasteiger partial charge is 0.145 e. The van der Waals surface area contributed by atoms with Crippen LogP contribution in [0.2, 0.25) is 0 Å². The summed E-state index contributed by atoms with van der Waals surface area (Å²) in [5.74, 6) is 0.790. The predicted molar refractivity (Wildman–Crippen MR) is 86.0 cm³/mol. The minimum Gasteiger partial charge on any atom is -0.365 e. The molecule has 1 N–H and O–H groups in total. The fraction of sp³-hybridized carbons (Fsp3) is 0.111. The van der Waals surface area contributed by atoms with Crippen molar-refractivity contribution in [2.75, 3.05) is 5.32 Å². The zero-order valence-corrected chi connectivity index (χ0v) is 12.0. The van der Waals surface area contributed by atoms with Crippen LogP contribution in [0.15, 0.2) is 67.0 Å². The van der Waals surface area contributed by atoms with Crippen LogP contribution in [-0.4, -0.2) is 9.97 Å². The monoisotopic (exact) mass is 275 g/mol. The summed E-state index contributed by atoms with van der Waals surface area (Å²) in [6.07, 6.45) is 3.55. The van der Waals surface area contributed by atoms with Gasteiger partial charge in [-0.1, -0.05) is 54.1 Å². The minimum atomic E-state index is 0.743. The number of rotatable bonds is 4. The molecule has 1 heterocycles. The maximum absolute atomic E-state index is 4.63. The number of aryl methyl sites for hydroxylation is 1. The van der Waals surface area contributed by atoms with Gasteiger partial charge >= 0.3 is 0 Å². The molecule has 0 fully saturated rings. The van der Waals surface area contributed by atoms with Gasteiger partial charge in [0.05, 0.1) is 18.1 Å². The van der Waals surface area contributed by atoms with Gasteiger partial charge in [0, 0.05) is 12.1 Å². The van der Waals surface area contributed by atoms with Crippen LogP contribution in [-0.2, 0) is 6.54 Å². The van der Waals surface area contributed by atoms with Gasteiger partial charge in [0.1, 0.15) is 5.82 Å². The van der Waals surface area contributed by atoms with E-state index in [1.807, 2.05) is 24.3 Å². The van der Waals surface area contributed by atoms with Gasteiger partial charge in [-0.25, -0.2) is 4.98 Å². The molecule has 0 unspecified atom stereocenters. The van der Waals surface area contributed by atoms with Crippen molar-refractivity contribution >= 4 is 5.82 Å². The van der Waals surface area contributed by atoms with Crippen LogP contribution >= 0.6 is 0 Å². The fourth-order valence-electron chi connectivity index (χ4n) is 2.18. The Morgan fingerprint density at radius 1 is 0.952 bits per heavy atom. The van der Waals surface area contributed by atoms with Gasteiger partial charge in [-0.15, -0.1) is 0 Å². The van der Waals surface area contributed by atoms with Crippen LogP contribution in [0.4, 0.5) is 5.82 Å². The lowest BCUT2D eigenvalue weighted by Gasteiger charge is -2.07. The predicted octanol–water partition coefficient (Wildman–Crippen LogP) is 4.06. The van der Waals surface area contributed by atoms with E-state index in [1.54, 1.807) is 12.4 Å². The van der Waals surface area contributed by atoms with Gasteiger partial charge < -0.3 is 5.32 Å². The summed E-state index contributed by atoms with van der Waals surface area (Å²) in [7, 11) is 0. The SMILES string of the molecule is Cc1cccc(-c2cncc(NCc3ccccc3)n2)c1. The van der Waals surface area contributed by atoms with Crippen molar-refractivity contribution in [3.63, 3.8) is 0 Å². The van der Waals surface area contributed by atoms with E-state index in [1.165, 1.54) is 11.1 Å². The fourth-order valence-corrected chi connectivity index (χ4v) is 2.18. The molecule has 3 nitrogen and oxygen atoms in total. The zero-order valence-electron chi connectivity index (χ0n) is 12.0. The lowest BCUT2D eigenvalue weighted by molar-refractivity contribution is 1.09. The third kappa shape index (κ3) is 3.45. The summed E-state index contributed by atoms with van der Waals surface area (Å²) in [5.41, 5.74) is 4.42. The van der Waals surface area contributed by atoms with Crippen molar-refractivity contribution in [1.29, 1.82) is 0 Å². The normalized spacial score (nSPS) is 10.3. The van der Waals surface area contributed by atoms with Crippen LogP contribution in [0, 0.1) is 6.92 Å². The lowest BCUT2D eigenvalue weighted by Crippen LogP contribution is -2.02. The molecule has 3 aromatic rings. The average molecular weight is 275 g/mol. The molecule has 0 amide bonds. The molecule has 3 heteroatoms. The average Bonchev–Trinajstić information content (AvgIpc) is 2.54. The Labute approximate surface area is 124 Å². The quantitative estimate of drug-likeness (QED) is 0.780. The van der Waals surface area contributed by atoms with E-state index in [0.717, 1.165) is 23.6 Å². The summed E-state index contributed by atoms with van der Waals surface area (Å²) < 4.78 is 0. The van der Waals surface area contributed by atoms with E-state index in [2.05, 4.69) is 52.5 Å². The molecular formula is C18H17N3. The second-order valence-electron chi connectivity index (χ2n) is 5.00. The standard InChI is InChI=1S/C18H17N3/c1-14-6-5-9-16(10-14)17-12-19-13-18(21-17)20-11-15-7-3-2-4-8-15/h2-10,12-13H,11H2,1H3,(H,20,21). The Balaban J connectivity index is 1.77. The van der Waals surface area contributed by atoms with Crippen molar-refractivity contribution in [2.24, 2.45) is 0 Å². The van der Waals surface area contributed by atoms with Gasteiger partial charge in [0.2, 0.25) is 0 Å². The molecule has 0 saturated heterocycles. The maximum atomic E-state index is 4.63. The first-order valence-electron chi connectivity index (χ1n) is 6.98. The summed E-state index contributed by atoms with van der Waals surface area (Å²) in [6, 6.07) is 18.5. The molecule has 1 aromatic heterocycles. The number of hydrogen-bond donors (Lipinski definition) is 1. The van der Waals surface area contributed by atoms with E-state index in [-0.39, 0.29) is 0 Å². The molecular weight excluding hydrogens is 258 g/mol. The highest BCUT2D eigenvalue weighted by atomic mass is 15.0. The molecule has 0 atom stereocenters. The molecule has 0 radical (unpaired) electrons. The van der Waals surface area contributed by atoms with E-state index < -0.39 is 0 Å². The van der Waals surface area contributed by atoms with Gasteiger partial charge in [-0.05, 0) is 18.6 Å². The van der Waals surface area contributed by atoms with Crippen LogP contribution in [0.3, 0.4) is 0 Å². The maximum Gasteiger partial charge on any atom is 0.145 e. The van der Waals surface area contributed by atoms with Gasteiger partial charge in [0.15, 0.2) is 0 Å². The Morgan fingerprint density at radius 2 is 1.81 bits per heavy atom. The number of benzene rings is 2. The Morgan fingerprint density at radius 3 is 2.62 bits per heavy atom. The molecule has 3 rings (SSSR count). The highest BCUT2D eigenvalue weighted by Gasteiger charge is 2.02. The topological polar surface area (TPSA) is 37.8 Å². The second kappa shape index (κ2) is 6.18. The van der Waals surface area contributed by atoms with Crippen molar-refractivity contribution in [2.45, 2.75) is 13.5 Å². The second-order valence-corrected chi connectivity index (χ2v) is 5.00. The highest BCUT2D eigenvalue weighted by molar-refractivity contribution is 5.60. The first-order chi connectivity index (χ1) is 10.3. The number of aromatic nitrogens is 2. The number of anilines is 1. The van der Waals surface area contributed by atoms with Crippen LogP contribution in [0.25, 0.3) is 11.3 Å². The summed E-state index contributed by atoms with van der Waals surface area (Å²) in [5, 5.41) is 3.31. The Bertz CT molecular complexity index is 723. The van der Waals surface area contributed by atoms with E-state index in [4.69, 9.17) is 0 Å². The number of nitrogens with zero attached hydrogens (tertiary/aromatic N) is 2. The van der Waals surface area contributed by atoms with Gasteiger partial charge in [-0.2, -0.15) is 0 Å². The van der Waals surface area contributed by atoms with Crippen molar-refractivity contribution < 1.29 is 0 Å². The molecule has 2 aromatic carbocycles. The van der Waals surface area contributed by atoms with E-state index >= 15 is 0 Å². The third-order valence-electron chi connectivity index (χ3n) is 3.26. The third-order valence-corrected chi connectivity index (χ3v) is 3.26. The van der Waals surface area contributed by atoms with Crippen LogP contribution in [0.1, 0.15) is 11.1 Å². The summed E-state index contributed by atoms with van der Waals surface area (Å²) in [6.45, 7) is 2.82. The number of nitrogens with one attached hydrogen (secondary N) is 1. The molecule has 0 aliphatic heterocycles. The molecule has 0 spiro atoms. The highest BCUT2D eigenvalue weighted by Crippen LogP contribution is 2.18. The van der Waals surface area contributed by atoms with Crippen molar-refractivity contribution in [3.8, 4) is 11.3 Å². The largest absolute Gasteiger partial charge is 0.365 e. The Hall–Kier alpha value is -2.68. The van der Waals surface area contributed by atoms with Crippen LogP contribution in [0.5, 0.6) is 0 Å². The van der Waals surface area contributed by atoms with Crippen molar-refractivity contribution in [3.05, 3.63) is 78.1 Å². The molecule has 21 heavy (non-hydrogen) atoms. The summed E-state index contributed by atoms with van der Waals surface area (Å²) >= 11 is 0. The van der Waals surface area contributed by atoms with Gasteiger partial charge in [0.25, 0.3) is 0 Å². The van der Waals surface area contributed by atoms with Gasteiger partial charge in [-0.3, -0.25) is 4.98 Å². The van der Waals surface area contributed by atoms with E-state index in [9.17, 15) is 0 Å².